The summed E-state index contributed by atoms with van der Waals surface area (Å²) in [4.78, 5) is 24.6. The van der Waals surface area contributed by atoms with Gasteiger partial charge in [-0.25, -0.2) is 8.42 Å². The number of methoxy groups -OCH3 is 1. The SMILES string of the molecule is CCOc1ccc(NC(=O)C[C@@H](NC(C)=O)c2ccc(OC)cc2)cc1S(=O)(=O)N1CCCC1. The van der Waals surface area contributed by atoms with Crippen LogP contribution in [0.2, 0.25) is 0 Å². The molecule has 2 aromatic carbocycles. The van der Waals surface area contributed by atoms with Gasteiger partial charge >= 0.3 is 0 Å². The average molecular weight is 490 g/mol. The van der Waals surface area contributed by atoms with Crippen LogP contribution in [0.3, 0.4) is 0 Å². The van der Waals surface area contributed by atoms with E-state index in [1.54, 1.807) is 50.4 Å². The lowest BCUT2D eigenvalue weighted by molar-refractivity contribution is -0.120. The number of nitrogens with one attached hydrogen (secondary N) is 2. The van der Waals surface area contributed by atoms with Crippen molar-refractivity contribution in [1.82, 2.24) is 9.62 Å². The van der Waals surface area contributed by atoms with E-state index in [0.717, 1.165) is 18.4 Å². The minimum absolute atomic E-state index is 0.0302. The monoisotopic (exact) mass is 489 g/mol. The zero-order valence-electron chi connectivity index (χ0n) is 19.7. The second-order valence-electron chi connectivity index (χ2n) is 7.98. The first kappa shape index (κ1) is 25.5. The standard InChI is InChI=1S/C24H31N3O6S/c1-4-33-22-12-9-19(15-23(22)34(30,31)27-13-5-6-14-27)26-24(29)16-21(25-17(2)28)18-7-10-20(32-3)11-8-18/h7-12,15,21H,4-6,13-14,16H2,1-3H3,(H,25,28)(H,26,29)/t21-/m1/s1. The summed E-state index contributed by atoms with van der Waals surface area (Å²) >= 11 is 0. The van der Waals surface area contributed by atoms with Crippen LogP contribution in [0.25, 0.3) is 0 Å². The molecule has 2 aromatic rings. The van der Waals surface area contributed by atoms with E-state index >= 15 is 0 Å². The number of rotatable bonds is 10. The van der Waals surface area contributed by atoms with Crippen molar-refractivity contribution < 1.29 is 27.5 Å². The summed E-state index contributed by atoms with van der Waals surface area (Å²) in [6.07, 6.45) is 1.60. The van der Waals surface area contributed by atoms with Gasteiger partial charge in [0.2, 0.25) is 21.8 Å². The Morgan fingerprint density at radius 2 is 1.76 bits per heavy atom. The van der Waals surface area contributed by atoms with Crippen molar-refractivity contribution in [2.24, 2.45) is 0 Å². The van der Waals surface area contributed by atoms with E-state index in [1.165, 1.54) is 17.3 Å². The molecule has 0 unspecified atom stereocenters. The zero-order valence-corrected chi connectivity index (χ0v) is 20.5. The number of benzene rings is 2. The maximum Gasteiger partial charge on any atom is 0.246 e. The molecule has 0 bridgehead atoms. The number of hydrogen-bond donors (Lipinski definition) is 2. The maximum atomic E-state index is 13.2. The molecule has 1 atom stereocenters. The molecule has 1 heterocycles. The van der Waals surface area contributed by atoms with Crippen LogP contribution in [-0.4, -0.2) is 51.3 Å². The molecular weight excluding hydrogens is 458 g/mol. The van der Waals surface area contributed by atoms with Gasteiger partial charge in [0.1, 0.15) is 16.4 Å². The minimum Gasteiger partial charge on any atom is -0.497 e. The molecular formula is C24H31N3O6S. The van der Waals surface area contributed by atoms with Crippen LogP contribution in [0.4, 0.5) is 5.69 Å². The Balaban J connectivity index is 1.81. The Morgan fingerprint density at radius 3 is 2.35 bits per heavy atom. The third-order valence-electron chi connectivity index (χ3n) is 5.50. The van der Waals surface area contributed by atoms with E-state index in [0.29, 0.717) is 31.1 Å². The van der Waals surface area contributed by atoms with Crippen LogP contribution < -0.4 is 20.1 Å². The molecule has 9 nitrogen and oxygen atoms in total. The molecule has 1 aliphatic rings. The van der Waals surface area contributed by atoms with E-state index < -0.39 is 16.1 Å². The number of sulfonamides is 1. The summed E-state index contributed by atoms with van der Waals surface area (Å²) < 4.78 is 38.5. The van der Waals surface area contributed by atoms with Crippen molar-refractivity contribution in [1.29, 1.82) is 0 Å². The lowest BCUT2D eigenvalue weighted by atomic mass is 10.0. The highest BCUT2D eigenvalue weighted by atomic mass is 32.2. The fraction of sp³-hybridized carbons (Fsp3) is 0.417. The summed E-state index contributed by atoms with van der Waals surface area (Å²) in [6.45, 7) is 4.41. The molecule has 0 aromatic heterocycles. The first-order chi connectivity index (χ1) is 16.2. The van der Waals surface area contributed by atoms with Crippen molar-refractivity contribution in [2.45, 2.75) is 44.0 Å². The van der Waals surface area contributed by atoms with Gasteiger partial charge in [0.05, 0.1) is 26.2 Å². The van der Waals surface area contributed by atoms with Crippen molar-refractivity contribution >= 4 is 27.5 Å². The van der Waals surface area contributed by atoms with Gasteiger partial charge in [-0.05, 0) is 55.7 Å². The van der Waals surface area contributed by atoms with Crippen LogP contribution in [0.1, 0.15) is 44.7 Å². The molecule has 10 heteroatoms. The van der Waals surface area contributed by atoms with Gasteiger partial charge in [-0.3, -0.25) is 9.59 Å². The number of nitrogens with zero attached hydrogens (tertiary/aromatic N) is 1. The van der Waals surface area contributed by atoms with Crippen molar-refractivity contribution in [3.63, 3.8) is 0 Å². The van der Waals surface area contributed by atoms with Crippen LogP contribution in [-0.2, 0) is 19.6 Å². The van der Waals surface area contributed by atoms with Crippen molar-refractivity contribution in [3.8, 4) is 11.5 Å². The minimum atomic E-state index is -3.75. The normalized spacial score (nSPS) is 14.9. The zero-order chi connectivity index (χ0) is 24.7. The second-order valence-corrected chi connectivity index (χ2v) is 9.89. The third kappa shape index (κ3) is 6.27. The molecule has 0 radical (unpaired) electrons. The second kappa shape index (κ2) is 11.3. The summed E-state index contributed by atoms with van der Waals surface area (Å²) in [5, 5.41) is 5.54. The van der Waals surface area contributed by atoms with E-state index in [1.807, 2.05) is 0 Å². The first-order valence-corrected chi connectivity index (χ1v) is 12.7. The summed E-state index contributed by atoms with van der Waals surface area (Å²) in [6, 6.07) is 11.1. The highest BCUT2D eigenvalue weighted by Gasteiger charge is 2.30. The molecule has 1 aliphatic heterocycles. The molecule has 184 valence electrons. The lowest BCUT2D eigenvalue weighted by Crippen LogP contribution is -2.30. The van der Waals surface area contributed by atoms with Gasteiger partial charge < -0.3 is 20.1 Å². The van der Waals surface area contributed by atoms with Crippen LogP contribution in [0.5, 0.6) is 11.5 Å². The topological polar surface area (TPSA) is 114 Å². The van der Waals surface area contributed by atoms with Gasteiger partial charge in [0.25, 0.3) is 0 Å². The van der Waals surface area contributed by atoms with Gasteiger partial charge in [0, 0.05) is 25.7 Å². The summed E-state index contributed by atoms with van der Waals surface area (Å²) in [5.74, 6) is 0.273. The smallest absolute Gasteiger partial charge is 0.246 e. The fourth-order valence-corrected chi connectivity index (χ4v) is 5.54. The number of anilines is 1. The lowest BCUT2D eigenvalue weighted by Gasteiger charge is -2.20. The Hall–Kier alpha value is -3.11. The van der Waals surface area contributed by atoms with Gasteiger partial charge in [-0.15, -0.1) is 0 Å². The van der Waals surface area contributed by atoms with Crippen LogP contribution >= 0.6 is 0 Å². The highest BCUT2D eigenvalue weighted by molar-refractivity contribution is 7.89. The quantitative estimate of drug-likeness (QED) is 0.530. The Labute approximate surface area is 200 Å². The van der Waals surface area contributed by atoms with Crippen LogP contribution in [0, 0.1) is 0 Å². The third-order valence-corrected chi connectivity index (χ3v) is 7.42. The molecule has 1 fully saturated rings. The summed E-state index contributed by atoms with van der Waals surface area (Å²) in [7, 11) is -2.19. The Bertz CT molecular complexity index is 1110. The number of carbonyl (C=O) groups is 2. The Morgan fingerprint density at radius 1 is 1.09 bits per heavy atom. The molecule has 2 N–H and O–H groups in total. The van der Waals surface area contributed by atoms with Crippen LogP contribution in [0.15, 0.2) is 47.4 Å². The Kier molecular flexibility index (Phi) is 8.51. The number of carbonyl (C=O) groups excluding carboxylic acids is 2. The first-order valence-electron chi connectivity index (χ1n) is 11.2. The number of ether oxygens (including phenoxy) is 2. The highest BCUT2D eigenvalue weighted by Crippen LogP contribution is 2.32. The molecule has 1 saturated heterocycles. The molecule has 0 saturated carbocycles. The number of amides is 2. The van der Waals surface area contributed by atoms with Crippen molar-refractivity contribution in [3.05, 3.63) is 48.0 Å². The summed E-state index contributed by atoms with van der Waals surface area (Å²) in [5.41, 5.74) is 1.08. The molecule has 3 rings (SSSR count). The van der Waals surface area contributed by atoms with Crippen molar-refractivity contribution in [2.75, 3.05) is 32.1 Å². The maximum absolute atomic E-state index is 13.2. The molecule has 34 heavy (non-hydrogen) atoms. The predicted molar refractivity (Wildman–Crippen MR) is 128 cm³/mol. The van der Waals surface area contributed by atoms with E-state index in [-0.39, 0.29) is 28.9 Å². The van der Waals surface area contributed by atoms with E-state index in [2.05, 4.69) is 10.6 Å². The predicted octanol–water partition coefficient (Wildman–Crippen LogP) is 3.08. The fourth-order valence-electron chi connectivity index (χ4n) is 3.86. The van der Waals surface area contributed by atoms with Gasteiger partial charge in [-0.2, -0.15) is 4.31 Å². The molecule has 0 spiro atoms. The average Bonchev–Trinajstić information content (AvgIpc) is 3.35. The van der Waals surface area contributed by atoms with E-state index in [9.17, 15) is 18.0 Å². The number of hydrogen-bond acceptors (Lipinski definition) is 6. The van der Waals surface area contributed by atoms with Gasteiger partial charge in [-0.1, -0.05) is 12.1 Å². The molecule has 0 aliphatic carbocycles. The van der Waals surface area contributed by atoms with E-state index in [4.69, 9.17) is 9.47 Å². The van der Waals surface area contributed by atoms with Gasteiger partial charge in [0.15, 0.2) is 0 Å². The molecule has 2 amide bonds. The largest absolute Gasteiger partial charge is 0.497 e.